The molecule has 0 fully saturated rings. The van der Waals surface area contributed by atoms with Gasteiger partial charge >= 0.3 is 0 Å². The van der Waals surface area contributed by atoms with Gasteiger partial charge < -0.3 is 4.42 Å². The number of rotatable bonds is 7. The SMILES string of the molecule is C=CCn1c(SCc2nnc(-c3ccc([N+](=O)[O-])cc3)o2)nc2sccc2c1=O. The summed E-state index contributed by atoms with van der Waals surface area (Å²) in [4.78, 5) is 28.2. The summed E-state index contributed by atoms with van der Waals surface area (Å²) in [7, 11) is 0. The van der Waals surface area contributed by atoms with Crippen LogP contribution in [-0.2, 0) is 12.3 Å². The largest absolute Gasteiger partial charge is 0.420 e. The van der Waals surface area contributed by atoms with Crippen LogP contribution in [0.15, 0.2) is 62.7 Å². The molecule has 0 saturated carbocycles. The van der Waals surface area contributed by atoms with Crippen LogP contribution in [-0.4, -0.2) is 24.7 Å². The van der Waals surface area contributed by atoms with Crippen LogP contribution in [0.2, 0.25) is 0 Å². The number of hydrogen-bond donors (Lipinski definition) is 0. The van der Waals surface area contributed by atoms with Crippen molar-refractivity contribution in [3.05, 3.63) is 74.7 Å². The number of nitro groups is 1. The number of thioether (sulfide) groups is 1. The number of non-ortho nitro benzene ring substituents is 1. The van der Waals surface area contributed by atoms with Crippen molar-refractivity contribution in [3.63, 3.8) is 0 Å². The standard InChI is InChI=1S/C18H13N5O4S2/c1-2-8-22-17(24)13-7-9-28-16(13)19-18(22)29-10-14-20-21-15(27-14)11-3-5-12(6-4-11)23(25)26/h2-7,9H,1,8,10H2. The van der Waals surface area contributed by atoms with Gasteiger partial charge in [-0.25, -0.2) is 4.98 Å². The van der Waals surface area contributed by atoms with Crippen molar-refractivity contribution in [2.75, 3.05) is 0 Å². The van der Waals surface area contributed by atoms with Gasteiger partial charge in [0.25, 0.3) is 11.2 Å². The average molecular weight is 427 g/mol. The highest BCUT2D eigenvalue weighted by atomic mass is 32.2. The second kappa shape index (κ2) is 7.97. The minimum absolute atomic E-state index is 0.0146. The minimum Gasteiger partial charge on any atom is -0.420 e. The van der Waals surface area contributed by atoms with E-state index in [0.29, 0.717) is 39.1 Å². The molecule has 9 nitrogen and oxygen atoms in total. The second-order valence-corrected chi connectivity index (χ2v) is 7.67. The van der Waals surface area contributed by atoms with Crippen molar-refractivity contribution >= 4 is 39.0 Å². The van der Waals surface area contributed by atoms with Gasteiger partial charge in [-0.3, -0.25) is 19.5 Å². The van der Waals surface area contributed by atoms with Crippen LogP contribution in [0, 0.1) is 10.1 Å². The van der Waals surface area contributed by atoms with Gasteiger partial charge in [-0.05, 0) is 23.6 Å². The van der Waals surface area contributed by atoms with Gasteiger partial charge in [0.05, 0.1) is 16.1 Å². The van der Waals surface area contributed by atoms with Crippen molar-refractivity contribution in [1.29, 1.82) is 0 Å². The zero-order valence-electron chi connectivity index (χ0n) is 14.8. The number of aromatic nitrogens is 4. The normalized spacial score (nSPS) is 11.0. The summed E-state index contributed by atoms with van der Waals surface area (Å²) in [5.41, 5.74) is 0.455. The summed E-state index contributed by atoms with van der Waals surface area (Å²) in [6.45, 7) is 4.05. The molecule has 0 bridgehead atoms. The summed E-state index contributed by atoms with van der Waals surface area (Å²) in [6, 6.07) is 7.62. The molecule has 0 aliphatic carbocycles. The van der Waals surface area contributed by atoms with Crippen LogP contribution in [0.25, 0.3) is 21.7 Å². The highest BCUT2D eigenvalue weighted by molar-refractivity contribution is 7.98. The first-order chi connectivity index (χ1) is 14.1. The van der Waals surface area contributed by atoms with Gasteiger partial charge in [0.15, 0.2) is 5.16 Å². The van der Waals surface area contributed by atoms with Gasteiger partial charge in [-0.15, -0.1) is 28.1 Å². The van der Waals surface area contributed by atoms with E-state index in [1.54, 1.807) is 28.8 Å². The third-order valence-electron chi connectivity index (χ3n) is 3.98. The van der Waals surface area contributed by atoms with E-state index >= 15 is 0 Å². The van der Waals surface area contributed by atoms with E-state index < -0.39 is 4.92 Å². The Bertz CT molecular complexity index is 1260. The Morgan fingerprint density at radius 3 is 2.79 bits per heavy atom. The van der Waals surface area contributed by atoms with E-state index in [0.717, 1.165) is 0 Å². The highest BCUT2D eigenvalue weighted by Crippen LogP contribution is 2.26. The number of thiophene rings is 1. The quantitative estimate of drug-likeness (QED) is 0.143. The number of allylic oxidation sites excluding steroid dienone is 1. The molecule has 0 saturated heterocycles. The lowest BCUT2D eigenvalue weighted by atomic mass is 10.2. The van der Waals surface area contributed by atoms with Crippen molar-refractivity contribution in [2.45, 2.75) is 17.5 Å². The summed E-state index contributed by atoms with van der Waals surface area (Å²) in [6.07, 6.45) is 1.64. The van der Waals surface area contributed by atoms with Gasteiger partial charge in [0.1, 0.15) is 4.83 Å². The van der Waals surface area contributed by atoms with Crippen molar-refractivity contribution in [1.82, 2.24) is 19.7 Å². The van der Waals surface area contributed by atoms with Crippen LogP contribution in [0.3, 0.4) is 0 Å². The fourth-order valence-electron chi connectivity index (χ4n) is 2.61. The molecule has 1 aromatic carbocycles. The van der Waals surface area contributed by atoms with E-state index in [4.69, 9.17) is 4.42 Å². The van der Waals surface area contributed by atoms with Crippen molar-refractivity contribution in [3.8, 4) is 11.5 Å². The Morgan fingerprint density at radius 1 is 1.28 bits per heavy atom. The topological polar surface area (TPSA) is 117 Å². The molecule has 0 amide bonds. The molecule has 4 aromatic rings. The number of benzene rings is 1. The molecule has 0 radical (unpaired) electrons. The first-order valence-electron chi connectivity index (χ1n) is 8.36. The first kappa shape index (κ1) is 19.0. The molecule has 0 N–H and O–H groups in total. The number of nitro benzene ring substituents is 1. The molecule has 0 aliphatic rings. The van der Waals surface area contributed by atoms with Crippen LogP contribution in [0.5, 0.6) is 0 Å². The zero-order chi connectivity index (χ0) is 20.4. The molecule has 11 heteroatoms. The fraction of sp³-hybridized carbons (Fsp3) is 0.111. The molecule has 29 heavy (non-hydrogen) atoms. The molecule has 0 aliphatic heterocycles. The molecular weight excluding hydrogens is 414 g/mol. The minimum atomic E-state index is -0.472. The highest BCUT2D eigenvalue weighted by Gasteiger charge is 2.15. The van der Waals surface area contributed by atoms with E-state index in [2.05, 4.69) is 21.8 Å². The molecule has 146 valence electrons. The monoisotopic (exact) mass is 427 g/mol. The van der Waals surface area contributed by atoms with E-state index in [-0.39, 0.29) is 17.1 Å². The van der Waals surface area contributed by atoms with Crippen LogP contribution in [0.4, 0.5) is 5.69 Å². The Labute approximate surface area is 171 Å². The lowest BCUT2D eigenvalue weighted by Gasteiger charge is -2.08. The lowest BCUT2D eigenvalue weighted by molar-refractivity contribution is -0.384. The van der Waals surface area contributed by atoms with Crippen LogP contribution < -0.4 is 5.56 Å². The molecule has 3 heterocycles. The Kier molecular flexibility index (Phi) is 5.23. The molecule has 0 atom stereocenters. The lowest BCUT2D eigenvalue weighted by Crippen LogP contribution is -2.22. The van der Waals surface area contributed by atoms with Gasteiger partial charge in [0, 0.05) is 24.2 Å². The van der Waals surface area contributed by atoms with E-state index in [1.807, 2.05) is 5.38 Å². The summed E-state index contributed by atoms with van der Waals surface area (Å²) >= 11 is 2.72. The van der Waals surface area contributed by atoms with Gasteiger partial charge in [-0.2, -0.15) is 0 Å². The Hall–Kier alpha value is -3.31. The maximum atomic E-state index is 12.6. The van der Waals surface area contributed by atoms with Gasteiger partial charge in [-0.1, -0.05) is 17.8 Å². The van der Waals surface area contributed by atoms with E-state index in [1.165, 1.54) is 35.2 Å². The maximum absolute atomic E-state index is 12.6. The molecule has 0 spiro atoms. The smallest absolute Gasteiger partial charge is 0.269 e. The van der Waals surface area contributed by atoms with E-state index in [9.17, 15) is 14.9 Å². The maximum Gasteiger partial charge on any atom is 0.269 e. The van der Waals surface area contributed by atoms with Gasteiger partial charge in [0.2, 0.25) is 11.8 Å². The molecular formula is C18H13N5O4S2. The predicted octanol–water partition coefficient (Wildman–Crippen LogP) is 3.89. The van der Waals surface area contributed by atoms with Crippen molar-refractivity contribution in [2.24, 2.45) is 0 Å². The second-order valence-electron chi connectivity index (χ2n) is 5.83. The summed E-state index contributed by atoms with van der Waals surface area (Å²) < 4.78 is 7.20. The average Bonchev–Trinajstić information content (AvgIpc) is 3.38. The van der Waals surface area contributed by atoms with Crippen LogP contribution in [0.1, 0.15) is 5.89 Å². The summed E-state index contributed by atoms with van der Waals surface area (Å²) in [5, 5.41) is 21.7. The van der Waals surface area contributed by atoms with Crippen LogP contribution >= 0.6 is 23.1 Å². The number of fused-ring (bicyclic) bond motifs is 1. The predicted molar refractivity (Wildman–Crippen MR) is 110 cm³/mol. The summed E-state index contributed by atoms with van der Waals surface area (Å²) in [5.74, 6) is 0.940. The Balaban J connectivity index is 1.55. The number of nitrogens with zero attached hydrogens (tertiary/aromatic N) is 5. The Morgan fingerprint density at radius 2 is 2.07 bits per heavy atom. The van der Waals surface area contributed by atoms with Crippen molar-refractivity contribution < 1.29 is 9.34 Å². The molecule has 3 aromatic heterocycles. The molecule has 0 unspecified atom stereocenters. The molecule has 4 rings (SSSR count). The fourth-order valence-corrected chi connectivity index (χ4v) is 4.26. The third-order valence-corrected chi connectivity index (χ3v) is 5.74. The number of hydrogen-bond acceptors (Lipinski definition) is 9. The third kappa shape index (κ3) is 3.82. The first-order valence-corrected chi connectivity index (χ1v) is 10.2. The zero-order valence-corrected chi connectivity index (χ0v) is 16.5.